The lowest BCUT2D eigenvalue weighted by atomic mass is 10.2. The second-order valence-electron chi connectivity index (χ2n) is 4.91. The summed E-state index contributed by atoms with van der Waals surface area (Å²) in [5.41, 5.74) is 1.17. The highest BCUT2D eigenvalue weighted by atomic mass is 16.5. The van der Waals surface area contributed by atoms with Crippen molar-refractivity contribution in [3.8, 4) is 0 Å². The molecule has 1 aliphatic carbocycles. The predicted octanol–water partition coefficient (Wildman–Crippen LogP) is 2.33. The zero-order chi connectivity index (χ0) is 13.7. The van der Waals surface area contributed by atoms with E-state index < -0.39 is 0 Å². The van der Waals surface area contributed by atoms with Crippen LogP contribution in [0.2, 0.25) is 0 Å². The Morgan fingerprint density at radius 2 is 2.37 bits per heavy atom. The van der Waals surface area contributed by atoms with Crippen molar-refractivity contribution in [2.24, 2.45) is 5.92 Å². The Bertz CT molecular complexity index is 432. The van der Waals surface area contributed by atoms with E-state index in [0.29, 0.717) is 19.1 Å². The molecule has 1 heterocycles. The van der Waals surface area contributed by atoms with Gasteiger partial charge in [0, 0.05) is 12.7 Å². The molecule has 1 fully saturated rings. The predicted molar refractivity (Wildman–Crippen MR) is 74.1 cm³/mol. The summed E-state index contributed by atoms with van der Waals surface area (Å²) >= 11 is 0. The van der Waals surface area contributed by atoms with Gasteiger partial charge in [-0.2, -0.15) is 0 Å². The van der Waals surface area contributed by atoms with Gasteiger partial charge in [-0.1, -0.05) is 0 Å². The summed E-state index contributed by atoms with van der Waals surface area (Å²) in [5.74, 6) is 1.40. The van der Waals surface area contributed by atoms with Crippen molar-refractivity contribution in [1.82, 2.24) is 10.3 Å². The van der Waals surface area contributed by atoms with E-state index in [1.165, 1.54) is 18.4 Å². The average molecular weight is 263 g/mol. The molecule has 0 aliphatic heterocycles. The number of hydrogen-bond acceptors (Lipinski definition) is 4. The number of nitrogens with one attached hydrogen (secondary N) is 2. The number of ether oxygens (including phenoxy) is 1. The van der Waals surface area contributed by atoms with Crippen LogP contribution >= 0.6 is 0 Å². The Hall–Kier alpha value is -1.78. The first-order valence-electron chi connectivity index (χ1n) is 6.79. The van der Waals surface area contributed by atoms with Gasteiger partial charge in [-0.05, 0) is 50.3 Å². The van der Waals surface area contributed by atoms with Gasteiger partial charge in [-0.25, -0.2) is 9.78 Å². The third-order valence-electron chi connectivity index (χ3n) is 3.19. The normalized spacial score (nSPS) is 15.7. The van der Waals surface area contributed by atoms with E-state index in [1.807, 2.05) is 19.1 Å². The highest BCUT2D eigenvalue weighted by Crippen LogP contribution is 2.32. The molecule has 0 bridgehead atoms. The number of aryl methyl sites for hydroxylation is 1. The Morgan fingerprint density at radius 1 is 1.58 bits per heavy atom. The molecule has 1 aromatic rings. The molecule has 0 spiro atoms. The average Bonchev–Trinajstić information content (AvgIpc) is 3.19. The van der Waals surface area contributed by atoms with Crippen molar-refractivity contribution in [3.63, 3.8) is 0 Å². The Kier molecular flexibility index (Phi) is 4.60. The molecule has 2 N–H and O–H groups in total. The molecule has 0 aromatic carbocycles. The van der Waals surface area contributed by atoms with Gasteiger partial charge in [0.15, 0.2) is 0 Å². The minimum atomic E-state index is -0.335. The zero-order valence-corrected chi connectivity index (χ0v) is 11.5. The van der Waals surface area contributed by atoms with Crippen molar-refractivity contribution in [1.29, 1.82) is 0 Å². The second kappa shape index (κ2) is 6.41. The summed E-state index contributed by atoms with van der Waals surface area (Å²) in [6.45, 7) is 4.92. The van der Waals surface area contributed by atoms with E-state index in [1.54, 1.807) is 13.1 Å². The molecule has 0 saturated heterocycles. The minimum Gasteiger partial charge on any atom is -0.450 e. The molecular formula is C14H21N3O2. The second-order valence-corrected chi connectivity index (χ2v) is 4.91. The highest BCUT2D eigenvalue weighted by molar-refractivity contribution is 5.67. The van der Waals surface area contributed by atoms with Crippen molar-refractivity contribution in [2.75, 3.05) is 18.5 Å². The smallest absolute Gasteiger partial charge is 0.407 e. The number of alkyl carbamates (subject to hydrolysis) is 1. The summed E-state index contributed by atoms with van der Waals surface area (Å²) in [6.07, 6.45) is 3.78. The fourth-order valence-electron chi connectivity index (χ4n) is 2.01. The Balaban J connectivity index is 1.85. The largest absolute Gasteiger partial charge is 0.450 e. The standard InChI is InChI=1S/C14H21N3O2/c1-3-19-14(18)17-12(11-4-5-11)9-16-13-8-10(2)6-7-15-13/h6-8,11-12H,3-5,9H2,1-2H3,(H,15,16)(H,17,18). The molecule has 1 amide bonds. The van der Waals surface area contributed by atoms with Crippen LogP contribution in [0.4, 0.5) is 10.6 Å². The number of aromatic nitrogens is 1. The fraction of sp³-hybridized carbons (Fsp3) is 0.571. The molecule has 19 heavy (non-hydrogen) atoms. The van der Waals surface area contributed by atoms with Gasteiger partial charge in [0.2, 0.25) is 0 Å². The number of anilines is 1. The molecular weight excluding hydrogens is 242 g/mol. The number of rotatable bonds is 6. The molecule has 1 aromatic heterocycles. The summed E-state index contributed by atoms with van der Waals surface area (Å²) in [5, 5.41) is 6.19. The lowest BCUT2D eigenvalue weighted by molar-refractivity contribution is 0.147. The first kappa shape index (κ1) is 13.6. The van der Waals surface area contributed by atoms with Gasteiger partial charge in [0.1, 0.15) is 5.82 Å². The van der Waals surface area contributed by atoms with Crippen LogP contribution in [0.3, 0.4) is 0 Å². The van der Waals surface area contributed by atoms with Gasteiger partial charge in [0.25, 0.3) is 0 Å². The number of nitrogens with zero attached hydrogens (tertiary/aromatic N) is 1. The maximum absolute atomic E-state index is 11.5. The van der Waals surface area contributed by atoms with E-state index in [4.69, 9.17) is 4.74 Å². The van der Waals surface area contributed by atoms with E-state index >= 15 is 0 Å². The highest BCUT2D eigenvalue weighted by Gasteiger charge is 2.32. The number of hydrogen-bond donors (Lipinski definition) is 2. The number of amides is 1. The van der Waals surface area contributed by atoms with E-state index in [9.17, 15) is 4.79 Å². The minimum absolute atomic E-state index is 0.112. The molecule has 2 rings (SSSR count). The van der Waals surface area contributed by atoms with Crippen molar-refractivity contribution < 1.29 is 9.53 Å². The SMILES string of the molecule is CCOC(=O)NC(CNc1cc(C)ccn1)C1CC1. The first-order valence-corrected chi connectivity index (χ1v) is 6.79. The van der Waals surface area contributed by atoms with Gasteiger partial charge in [-0.15, -0.1) is 0 Å². The fourth-order valence-corrected chi connectivity index (χ4v) is 2.01. The Morgan fingerprint density at radius 3 is 3.00 bits per heavy atom. The van der Waals surface area contributed by atoms with E-state index in [-0.39, 0.29) is 12.1 Å². The molecule has 1 aliphatic rings. The van der Waals surface area contributed by atoms with Crippen molar-refractivity contribution in [3.05, 3.63) is 23.9 Å². The summed E-state index contributed by atoms with van der Waals surface area (Å²) in [4.78, 5) is 15.7. The van der Waals surface area contributed by atoms with Gasteiger partial charge in [-0.3, -0.25) is 0 Å². The summed E-state index contributed by atoms with van der Waals surface area (Å²) < 4.78 is 4.93. The van der Waals surface area contributed by atoms with E-state index in [2.05, 4.69) is 15.6 Å². The molecule has 104 valence electrons. The van der Waals surface area contributed by atoms with Gasteiger partial charge < -0.3 is 15.4 Å². The van der Waals surface area contributed by atoms with Gasteiger partial charge >= 0.3 is 6.09 Å². The molecule has 5 nitrogen and oxygen atoms in total. The number of carbonyl (C=O) groups excluding carboxylic acids is 1. The monoisotopic (exact) mass is 263 g/mol. The van der Waals surface area contributed by atoms with E-state index in [0.717, 1.165) is 5.82 Å². The third kappa shape index (κ3) is 4.43. The van der Waals surface area contributed by atoms with Crippen LogP contribution in [0.25, 0.3) is 0 Å². The zero-order valence-electron chi connectivity index (χ0n) is 11.5. The number of carbonyl (C=O) groups is 1. The van der Waals surface area contributed by atoms with Crippen molar-refractivity contribution >= 4 is 11.9 Å². The number of pyridine rings is 1. The van der Waals surface area contributed by atoms with Crippen molar-refractivity contribution in [2.45, 2.75) is 32.7 Å². The van der Waals surface area contributed by atoms with Crippen LogP contribution in [0.5, 0.6) is 0 Å². The maximum atomic E-state index is 11.5. The molecule has 0 radical (unpaired) electrons. The lowest BCUT2D eigenvalue weighted by Gasteiger charge is -2.18. The topological polar surface area (TPSA) is 63.2 Å². The van der Waals surface area contributed by atoms with Crippen LogP contribution < -0.4 is 10.6 Å². The van der Waals surface area contributed by atoms with Crippen LogP contribution in [0.1, 0.15) is 25.3 Å². The lowest BCUT2D eigenvalue weighted by Crippen LogP contribution is -2.41. The first-order chi connectivity index (χ1) is 9.19. The van der Waals surface area contributed by atoms with Gasteiger partial charge in [0.05, 0.1) is 12.6 Å². The van der Waals surface area contributed by atoms with Crippen LogP contribution in [-0.4, -0.2) is 30.3 Å². The molecule has 5 heteroatoms. The maximum Gasteiger partial charge on any atom is 0.407 e. The quantitative estimate of drug-likeness (QED) is 0.827. The van der Waals surface area contributed by atoms with Crippen LogP contribution in [0.15, 0.2) is 18.3 Å². The summed E-state index contributed by atoms with van der Waals surface area (Å²) in [6, 6.07) is 4.07. The molecule has 1 saturated carbocycles. The summed E-state index contributed by atoms with van der Waals surface area (Å²) in [7, 11) is 0. The molecule has 1 unspecified atom stereocenters. The Labute approximate surface area is 113 Å². The molecule has 1 atom stereocenters. The third-order valence-corrected chi connectivity index (χ3v) is 3.19. The van der Waals surface area contributed by atoms with Crippen LogP contribution in [0, 0.1) is 12.8 Å². The van der Waals surface area contributed by atoms with Crippen LogP contribution in [-0.2, 0) is 4.74 Å².